The molecule has 2 atom stereocenters. The molecule has 1 aliphatic heterocycles. The fourth-order valence-corrected chi connectivity index (χ4v) is 5.97. The van der Waals surface area contributed by atoms with E-state index in [1.165, 1.54) is 11.1 Å². The molecule has 1 fully saturated rings. The Hall–Kier alpha value is -5.06. The van der Waals surface area contributed by atoms with Crippen LogP contribution in [0.5, 0.6) is 0 Å². The van der Waals surface area contributed by atoms with Crippen molar-refractivity contribution < 1.29 is 14.5 Å². The van der Waals surface area contributed by atoms with Crippen molar-refractivity contribution in [3.8, 4) is 0 Å². The van der Waals surface area contributed by atoms with Crippen LogP contribution in [0, 0.1) is 5.92 Å². The second-order valence-corrected chi connectivity index (χ2v) is 10.9. The summed E-state index contributed by atoms with van der Waals surface area (Å²) in [4.78, 5) is 15.6. The first-order valence-corrected chi connectivity index (χ1v) is 14.3. The average Bonchev–Trinajstić information content (AvgIpc) is 3.05. The second kappa shape index (κ2) is 11.1. The van der Waals surface area contributed by atoms with E-state index in [2.05, 4.69) is 58.0 Å². The number of carbonyl (C=O) groups is 1. The zero-order valence-corrected chi connectivity index (χ0v) is 23.1. The first-order valence-electron chi connectivity index (χ1n) is 14.3. The van der Waals surface area contributed by atoms with Gasteiger partial charge in [-0.15, -0.1) is 0 Å². The van der Waals surface area contributed by atoms with Gasteiger partial charge >= 0.3 is 0 Å². The summed E-state index contributed by atoms with van der Waals surface area (Å²) in [5, 5.41) is 14.4. The van der Waals surface area contributed by atoms with Gasteiger partial charge in [-0.25, -0.2) is 0 Å². The number of ketones is 1. The molecule has 0 spiro atoms. The third kappa shape index (κ3) is 4.87. The minimum Gasteiger partial charge on any atom is -0.848 e. The molecular formula is C38H30N2O2. The van der Waals surface area contributed by atoms with Crippen molar-refractivity contribution >= 4 is 34.0 Å². The third-order valence-corrected chi connectivity index (χ3v) is 8.20. The number of allylic oxidation sites excluding steroid dienone is 2. The standard InChI is InChI=1S/C38H30N2O2/c41-37-33(23-29-19-21-39(25-27-11-3-1-4-12-27)35-17-9-7-15-31(29)35)38(42)34(37)24-30-20-22-40(26-28-13-5-2-6-14-28)36-18-10-8-16-32(30)36/h1-24,33,37H,25-26H2. The molecule has 1 aromatic heterocycles. The number of nitrogens with zero attached hydrogens (tertiary/aromatic N) is 2. The molecule has 1 saturated carbocycles. The summed E-state index contributed by atoms with van der Waals surface area (Å²) in [5.41, 5.74) is 7.75. The highest BCUT2D eigenvalue weighted by Gasteiger charge is 2.36. The number of pyridine rings is 1. The van der Waals surface area contributed by atoms with Gasteiger partial charge in [0, 0.05) is 47.6 Å². The highest BCUT2D eigenvalue weighted by Crippen LogP contribution is 2.38. The van der Waals surface area contributed by atoms with Crippen LogP contribution in [0.25, 0.3) is 22.6 Å². The van der Waals surface area contributed by atoms with Crippen LogP contribution < -0.4 is 14.6 Å². The Bertz CT molecular complexity index is 1870. The Morgan fingerprint density at radius 3 is 2.26 bits per heavy atom. The molecule has 0 amide bonds. The monoisotopic (exact) mass is 546 g/mol. The van der Waals surface area contributed by atoms with Crippen molar-refractivity contribution in [3.63, 3.8) is 0 Å². The maximum absolute atomic E-state index is 13.4. The molecule has 1 aliphatic carbocycles. The van der Waals surface area contributed by atoms with E-state index >= 15 is 0 Å². The molecule has 2 aliphatic rings. The molecular weight excluding hydrogens is 516 g/mol. The predicted octanol–water partition coefficient (Wildman–Crippen LogP) is 6.10. The number of para-hydroxylation sites is 2. The third-order valence-electron chi connectivity index (χ3n) is 8.20. The van der Waals surface area contributed by atoms with Gasteiger partial charge in [0.1, 0.15) is 0 Å². The van der Waals surface area contributed by atoms with Crippen molar-refractivity contribution in [2.75, 3.05) is 4.90 Å². The summed E-state index contributed by atoms with van der Waals surface area (Å²) in [7, 11) is 0. The minimum absolute atomic E-state index is 0.0924. The molecule has 2 unspecified atom stereocenters. The molecule has 0 radical (unpaired) electrons. The first kappa shape index (κ1) is 25.9. The summed E-state index contributed by atoms with van der Waals surface area (Å²) >= 11 is 0. The number of aromatic nitrogens is 1. The van der Waals surface area contributed by atoms with Gasteiger partial charge in [0.25, 0.3) is 0 Å². The van der Waals surface area contributed by atoms with Gasteiger partial charge in [0.15, 0.2) is 18.5 Å². The van der Waals surface area contributed by atoms with Crippen molar-refractivity contribution in [3.05, 3.63) is 168 Å². The van der Waals surface area contributed by atoms with Crippen LogP contribution in [0.3, 0.4) is 0 Å². The average molecular weight is 547 g/mol. The molecule has 4 aromatic carbocycles. The zero-order valence-electron chi connectivity index (χ0n) is 23.1. The van der Waals surface area contributed by atoms with Crippen molar-refractivity contribution in [1.82, 2.24) is 0 Å². The van der Waals surface area contributed by atoms with Gasteiger partial charge in [0.2, 0.25) is 5.52 Å². The van der Waals surface area contributed by atoms with Crippen molar-refractivity contribution in [2.45, 2.75) is 19.2 Å². The molecule has 42 heavy (non-hydrogen) atoms. The lowest BCUT2D eigenvalue weighted by Crippen LogP contribution is -2.52. The lowest BCUT2D eigenvalue weighted by molar-refractivity contribution is -0.662. The van der Waals surface area contributed by atoms with E-state index in [9.17, 15) is 9.90 Å². The maximum atomic E-state index is 13.4. The summed E-state index contributed by atoms with van der Waals surface area (Å²) in [6.07, 6.45) is 8.67. The fourth-order valence-electron chi connectivity index (χ4n) is 5.97. The second-order valence-electron chi connectivity index (χ2n) is 10.9. The summed E-state index contributed by atoms with van der Waals surface area (Å²) in [5.74, 6) is -0.771. The molecule has 204 valence electrons. The summed E-state index contributed by atoms with van der Waals surface area (Å²) < 4.78 is 2.20. The van der Waals surface area contributed by atoms with Crippen LogP contribution in [0.15, 0.2) is 145 Å². The SMILES string of the molecule is O=C1C(=Cc2cc[n+](Cc3ccccc3)c3ccccc23)C([O-])C1C=C1C=CN(Cc2ccccc2)c2ccccc21. The first-order chi connectivity index (χ1) is 20.7. The Balaban J connectivity index is 1.15. The largest absolute Gasteiger partial charge is 0.848 e. The zero-order chi connectivity index (χ0) is 28.5. The van der Waals surface area contributed by atoms with E-state index in [0.717, 1.165) is 46.4 Å². The van der Waals surface area contributed by atoms with Crippen LogP contribution in [-0.2, 0) is 17.9 Å². The van der Waals surface area contributed by atoms with Gasteiger partial charge in [-0.2, -0.15) is 4.57 Å². The summed E-state index contributed by atoms with van der Waals surface area (Å²) in [6.45, 7) is 1.49. The Morgan fingerprint density at radius 2 is 1.48 bits per heavy atom. The fraction of sp³-hybridized carbons (Fsp3) is 0.105. The summed E-state index contributed by atoms with van der Waals surface area (Å²) in [6, 6.07) is 39.0. The van der Waals surface area contributed by atoms with Crippen LogP contribution in [0.2, 0.25) is 0 Å². The van der Waals surface area contributed by atoms with Gasteiger partial charge in [0.05, 0.1) is 5.39 Å². The Morgan fingerprint density at radius 1 is 0.786 bits per heavy atom. The van der Waals surface area contributed by atoms with Crippen LogP contribution >= 0.6 is 0 Å². The topological polar surface area (TPSA) is 47.2 Å². The lowest BCUT2D eigenvalue weighted by Gasteiger charge is -2.42. The van der Waals surface area contributed by atoms with E-state index in [1.807, 2.05) is 91.3 Å². The van der Waals surface area contributed by atoms with Gasteiger partial charge in [-0.05, 0) is 46.6 Å². The van der Waals surface area contributed by atoms with E-state index in [1.54, 1.807) is 6.08 Å². The minimum atomic E-state index is -1.09. The number of benzene rings is 4. The molecule has 4 heteroatoms. The lowest BCUT2D eigenvalue weighted by atomic mass is 9.73. The van der Waals surface area contributed by atoms with E-state index in [4.69, 9.17) is 0 Å². The number of hydrogen-bond acceptors (Lipinski definition) is 3. The number of anilines is 1. The number of hydrogen-bond donors (Lipinski definition) is 0. The van der Waals surface area contributed by atoms with E-state index in [0.29, 0.717) is 5.57 Å². The van der Waals surface area contributed by atoms with Gasteiger partial charge < -0.3 is 10.0 Å². The number of Topliss-reactive ketones (excluding diaryl/α,β-unsaturated/α-hetero) is 1. The normalized spacial score (nSPS) is 19.7. The van der Waals surface area contributed by atoms with Crippen molar-refractivity contribution in [1.29, 1.82) is 0 Å². The molecule has 0 bridgehead atoms. The highest BCUT2D eigenvalue weighted by molar-refractivity contribution is 6.12. The van der Waals surface area contributed by atoms with E-state index < -0.39 is 12.0 Å². The predicted molar refractivity (Wildman–Crippen MR) is 166 cm³/mol. The highest BCUT2D eigenvalue weighted by atomic mass is 16.3. The number of carbonyl (C=O) groups excluding carboxylic acids is 1. The number of fused-ring (bicyclic) bond motifs is 2. The van der Waals surface area contributed by atoms with Crippen LogP contribution in [-0.4, -0.2) is 11.9 Å². The molecule has 4 nitrogen and oxygen atoms in total. The molecule has 7 rings (SSSR count). The quantitative estimate of drug-likeness (QED) is 0.191. The molecule has 0 saturated heterocycles. The van der Waals surface area contributed by atoms with Gasteiger partial charge in [-0.3, -0.25) is 4.79 Å². The smallest absolute Gasteiger partial charge is 0.213 e. The molecule has 5 aromatic rings. The van der Waals surface area contributed by atoms with E-state index in [-0.39, 0.29) is 5.78 Å². The van der Waals surface area contributed by atoms with Crippen LogP contribution in [0.1, 0.15) is 22.3 Å². The number of rotatable bonds is 6. The molecule has 0 N–H and O–H groups in total. The Kier molecular flexibility index (Phi) is 6.82. The maximum Gasteiger partial charge on any atom is 0.213 e. The van der Waals surface area contributed by atoms with Crippen LogP contribution in [0.4, 0.5) is 5.69 Å². The Labute approximate surface area is 245 Å². The van der Waals surface area contributed by atoms with Crippen molar-refractivity contribution in [2.24, 2.45) is 5.92 Å². The van der Waals surface area contributed by atoms with Gasteiger partial charge in [-0.1, -0.05) is 103 Å². The molecule has 2 heterocycles.